The fraction of sp³-hybridized carbons (Fsp3) is 0.917. The van der Waals surface area contributed by atoms with Crippen LogP contribution in [0, 0.1) is 0 Å². The molecule has 2 N–H and O–H groups in total. The molecule has 1 unspecified atom stereocenters. The van der Waals surface area contributed by atoms with Gasteiger partial charge in [0.15, 0.2) is 0 Å². The van der Waals surface area contributed by atoms with Gasteiger partial charge in [-0.1, -0.05) is 0 Å². The lowest BCUT2D eigenvalue weighted by atomic mass is 9.93. The van der Waals surface area contributed by atoms with Crippen LogP contribution in [0.1, 0.15) is 33.1 Å². The molecule has 4 nitrogen and oxygen atoms in total. The summed E-state index contributed by atoms with van der Waals surface area (Å²) in [7, 11) is 2.03. The second-order valence-corrected chi connectivity index (χ2v) is 5.76. The summed E-state index contributed by atoms with van der Waals surface area (Å²) < 4.78 is 0. The summed E-state index contributed by atoms with van der Waals surface area (Å²) in [4.78, 5) is 16.7. The summed E-state index contributed by atoms with van der Waals surface area (Å²) in [6.07, 6.45) is 3.12. The number of rotatable bonds is 3. The fourth-order valence-electron chi connectivity index (χ4n) is 2.95. The Morgan fingerprint density at radius 3 is 2.56 bits per heavy atom. The topological polar surface area (TPSA) is 49.6 Å². The van der Waals surface area contributed by atoms with Crippen LogP contribution < -0.4 is 5.73 Å². The third-order valence-corrected chi connectivity index (χ3v) is 3.70. The molecule has 2 aliphatic rings. The van der Waals surface area contributed by atoms with Crippen LogP contribution in [0.15, 0.2) is 0 Å². The largest absolute Gasteiger partial charge is 0.332 e. The fourth-order valence-corrected chi connectivity index (χ4v) is 2.95. The van der Waals surface area contributed by atoms with E-state index in [1.807, 2.05) is 7.05 Å². The van der Waals surface area contributed by atoms with Crippen molar-refractivity contribution in [2.45, 2.75) is 50.7 Å². The van der Waals surface area contributed by atoms with E-state index < -0.39 is 0 Å². The molecule has 1 heterocycles. The molecule has 1 atom stereocenters. The van der Waals surface area contributed by atoms with Gasteiger partial charge in [-0.2, -0.15) is 0 Å². The Labute approximate surface area is 97.8 Å². The van der Waals surface area contributed by atoms with Gasteiger partial charge in [-0.05, 0) is 46.7 Å². The summed E-state index contributed by atoms with van der Waals surface area (Å²) in [5, 5.41) is 0. The van der Waals surface area contributed by atoms with Crippen molar-refractivity contribution in [3.05, 3.63) is 0 Å². The number of hydrogen-bond donors (Lipinski definition) is 1. The quantitative estimate of drug-likeness (QED) is 0.757. The lowest BCUT2D eigenvalue weighted by Crippen LogP contribution is -2.66. The van der Waals surface area contributed by atoms with Gasteiger partial charge in [0.2, 0.25) is 5.91 Å². The van der Waals surface area contributed by atoms with Crippen molar-refractivity contribution in [1.82, 2.24) is 9.80 Å². The van der Waals surface area contributed by atoms with E-state index in [-0.39, 0.29) is 17.5 Å². The molecule has 0 aromatic rings. The molecule has 0 aromatic heterocycles. The first kappa shape index (κ1) is 11.9. The smallest absolute Gasteiger partial charge is 0.240 e. The predicted molar refractivity (Wildman–Crippen MR) is 64.0 cm³/mol. The molecule has 1 saturated carbocycles. The molecule has 1 aliphatic heterocycles. The SMILES string of the molecule is CN1CC(C)(C)N(C2CC2)C(=O)C1CCN. The number of piperazine rings is 1. The first-order valence-electron chi connectivity index (χ1n) is 6.21. The Balaban J connectivity index is 2.18. The zero-order chi connectivity index (χ0) is 11.9. The molecule has 1 amide bonds. The highest BCUT2D eigenvalue weighted by Crippen LogP contribution is 2.37. The third-order valence-electron chi connectivity index (χ3n) is 3.70. The molecule has 0 spiro atoms. The zero-order valence-electron chi connectivity index (χ0n) is 10.6. The van der Waals surface area contributed by atoms with Gasteiger partial charge >= 0.3 is 0 Å². The highest BCUT2D eigenvalue weighted by molar-refractivity contribution is 5.84. The van der Waals surface area contributed by atoms with Crippen LogP contribution in [0.25, 0.3) is 0 Å². The van der Waals surface area contributed by atoms with Crippen LogP contribution in [-0.4, -0.2) is 53.5 Å². The highest BCUT2D eigenvalue weighted by atomic mass is 16.2. The van der Waals surface area contributed by atoms with Crippen LogP contribution in [0.5, 0.6) is 0 Å². The molecule has 0 aromatic carbocycles. The Bertz CT molecular complexity index is 286. The monoisotopic (exact) mass is 225 g/mol. The zero-order valence-corrected chi connectivity index (χ0v) is 10.6. The van der Waals surface area contributed by atoms with Crippen LogP contribution in [0.2, 0.25) is 0 Å². The van der Waals surface area contributed by atoms with Crippen LogP contribution in [0.3, 0.4) is 0 Å². The van der Waals surface area contributed by atoms with Crippen molar-refractivity contribution >= 4 is 5.91 Å². The van der Waals surface area contributed by atoms with E-state index in [0.717, 1.165) is 13.0 Å². The minimum atomic E-state index is -0.0297. The van der Waals surface area contributed by atoms with E-state index >= 15 is 0 Å². The van der Waals surface area contributed by atoms with E-state index in [1.165, 1.54) is 12.8 Å². The summed E-state index contributed by atoms with van der Waals surface area (Å²) in [6, 6.07) is 0.495. The second-order valence-electron chi connectivity index (χ2n) is 5.76. The summed E-state index contributed by atoms with van der Waals surface area (Å²) in [5.41, 5.74) is 5.56. The number of amides is 1. The molecule has 0 bridgehead atoms. The first-order valence-corrected chi connectivity index (χ1v) is 6.21. The van der Waals surface area contributed by atoms with Crippen molar-refractivity contribution in [1.29, 1.82) is 0 Å². The van der Waals surface area contributed by atoms with Crippen LogP contribution in [0.4, 0.5) is 0 Å². The minimum absolute atomic E-state index is 0.00127. The molecule has 2 rings (SSSR count). The Morgan fingerprint density at radius 1 is 1.44 bits per heavy atom. The van der Waals surface area contributed by atoms with E-state index in [2.05, 4.69) is 23.6 Å². The van der Waals surface area contributed by atoms with Gasteiger partial charge in [-0.25, -0.2) is 0 Å². The van der Waals surface area contributed by atoms with Gasteiger partial charge in [-0.3, -0.25) is 9.69 Å². The van der Waals surface area contributed by atoms with Crippen molar-refractivity contribution in [3.8, 4) is 0 Å². The Hall–Kier alpha value is -0.610. The lowest BCUT2D eigenvalue weighted by Gasteiger charge is -2.49. The summed E-state index contributed by atoms with van der Waals surface area (Å²) in [5.74, 6) is 0.284. The maximum atomic E-state index is 12.5. The van der Waals surface area contributed by atoms with Crippen LogP contribution >= 0.6 is 0 Å². The van der Waals surface area contributed by atoms with Gasteiger partial charge in [0, 0.05) is 12.6 Å². The van der Waals surface area contributed by atoms with E-state index in [4.69, 9.17) is 5.73 Å². The second kappa shape index (κ2) is 4.00. The number of carbonyl (C=O) groups excluding carboxylic acids is 1. The van der Waals surface area contributed by atoms with Crippen molar-refractivity contribution < 1.29 is 4.79 Å². The van der Waals surface area contributed by atoms with Crippen LogP contribution in [-0.2, 0) is 4.79 Å². The molecule has 16 heavy (non-hydrogen) atoms. The third kappa shape index (κ3) is 1.96. The van der Waals surface area contributed by atoms with Gasteiger partial charge in [0.25, 0.3) is 0 Å². The standard InChI is InChI=1S/C12H23N3O/c1-12(2)8-14(3)10(6-7-13)11(16)15(12)9-4-5-9/h9-10H,4-8,13H2,1-3H3. The summed E-state index contributed by atoms with van der Waals surface area (Å²) in [6.45, 7) is 5.86. The molecular weight excluding hydrogens is 202 g/mol. The van der Waals surface area contributed by atoms with Gasteiger partial charge < -0.3 is 10.6 Å². The van der Waals surface area contributed by atoms with E-state index in [0.29, 0.717) is 12.6 Å². The van der Waals surface area contributed by atoms with Crippen molar-refractivity contribution in [3.63, 3.8) is 0 Å². The molecule has 4 heteroatoms. The Morgan fingerprint density at radius 2 is 2.06 bits per heavy atom. The molecule has 1 saturated heterocycles. The van der Waals surface area contributed by atoms with Crippen molar-refractivity contribution in [2.24, 2.45) is 5.73 Å². The van der Waals surface area contributed by atoms with E-state index in [9.17, 15) is 4.79 Å². The van der Waals surface area contributed by atoms with Gasteiger partial charge in [0.05, 0.1) is 11.6 Å². The number of hydrogen-bond acceptors (Lipinski definition) is 3. The minimum Gasteiger partial charge on any atom is -0.332 e. The number of nitrogens with two attached hydrogens (primary N) is 1. The maximum Gasteiger partial charge on any atom is 0.240 e. The predicted octanol–water partition coefficient (Wildman–Crippen LogP) is 0.419. The van der Waals surface area contributed by atoms with E-state index in [1.54, 1.807) is 0 Å². The number of carbonyl (C=O) groups is 1. The molecule has 2 fully saturated rings. The average molecular weight is 225 g/mol. The van der Waals surface area contributed by atoms with Gasteiger partial charge in [-0.15, -0.1) is 0 Å². The average Bonchev–Trinajstić information content (AvgIpc) is 2.94. The normalized spacial score (nSPS) is 30.9. The number of nitrogens with zero attached hydrogens (tertiary/aromatic N) is 2. The molecular formula is C12H23N3O. The van der Waals surface area contributed by atoms with Gasteiger partial charge in [0.1, 0.15) is 0 Å². The lowest BCUT2D eigenvalue weighted by molar-refractivity contribution is -0.151. The van der Waals surface area contributed by atoms with Crippen molar-refractivity contribution in [2.75, 3.05) is 20.1 Å². The highest BCUT2D eigenvalue weighted by Gasteiger charge is 2.48. The number of likely N-dealkylation sites (N-methyl/N-ethyl adjacent to an activating group) is 1. The molecule has 0 radical (unpaired) electrons. The first-order chi connectivity index (χ1) is 7.47. The maximum absolute atomic E-state index is 12.5. The summed E-state index contributed by atoms with van der Waals surface area (Å²) >= 11 is 0. The molecule has 92 valence electrons. The molecule has 1 aliphatic carbocycles. The Kier molecular flexibility index (Phi) is 2.97.